The van der Waals surface area contributed by atoms with Crippen LogP contribution in [0.1, 0.15) is 21.6 Å². The van der Waals surface area contributed by atoms with E-state index in [1.54, 1.807) is 14.2 Å². The average Bonchev–Trinajstić information content (AvgIpc) is 2.77. The molecule has 1 aromatic carbocycles. The highest BCUT2D eigenvalue weighted by atomic mass is 16.5. The minimum Gasteiger partial charge on any atom is -0.493 e. The van der Waals surface area contributed by atoms with E-state index in [9.17, 15) is 4.79 Å². The maximum Gasteiger partial charge on any atom is 0.272 e. The predicted molar refractivity (Wildman–Crippen MR) is 110 cm³/mol. The lowest BCUT2D eigenvalue weighted by Crippen LogP contribution is -2.47. The van der Waals surface area contributed by atoms with Gasteiger partial charge in [-0.25, -0.2) is 9.97 Å². The molecule has 2 aliphatic rings. The molecule has 0 radical (unpaired) electrons. The Morgan fingerprint density at radius 2 is 1.62 bits per heavy atom. The van der Waals surface area contributed by atoms with Crippen LogP contribution in [0, 0.1) is 0 Å². The zero-order valence-corrected chi connectivity index (χ0v) is 17.2. The summed E-state index contributed by atoms with van der Waals surface area (Å²) in [4.78, 5) is 27.8. The first-order valence-electron chi connectivity index (χ1n) is 9.87. The molecule has 3 heterocycles. The standard InChI is InChI=1S/C21H27N5O3/c1-24-6-8-25(9-7-24)21(27)17-12-20(23-14-22-17)26-5-4-15-10-18(28-2)19(29-3)11-16(15)13-26/h10-12,14H,4-9,13H2,1-3H3. The van der Waals surface area contributed by atoms with Gasteiger partial charge in [0.05, 0.1) is 14.2 Å². The molecule has 0 unspecified atom stereocenters. The Morgan fingerprint density at radius 1 is 0.931 bits per heavy atom. The summed E-state index contributed by atoms with van der Waals surface area (Å²) in [6.07, 6.45) is 2.37. The quantitative estimate of drug-likeness (QED) is 0.773. The molecule has 2 aromatic rings. The summed E-state index contributed by atoms with van der Waals surface area (Å²) in [5.74, 6) is 2.23. The SMILES string of the molecule is COc1cc2c(cc1OC)CN(c1cc(C(=O)N3CCN(C)CC3)ncn1)CC2. The van der Waals surface area contributed by atoms with E-state index in [1.807, 2.05) is 23.1 Å². The van der Waals surface area contributed by atoms with Crippen LogP contribution in [-0.2, 0) is 13.0 Å². The van der Waals surface area contributed by atoms with E-state index >= 15 is 0 Å². The number of amides is 1. The number of benzene rings is 1. The number of methoxy groups -OCH3 is 2. The molecule has 0 bridgehead atoms. The van der Waals surface area contributed by atoms with E-state index in [2.05, 4.69) is 26.8 Å². The molecule has 154 valence electrons. The Hall–Kier alpha value is -2.87. The van der Waals surface area contributed by atoms with Crippen LogP contribution in [0.4, 0.5) is 5.82 Å². The minimum atomic E-state index is -0.0226. The number of nitrogens with zero attached hydrogens (tertiary/aromatic N) is 5. The van der Waals surface area contributed by atoms with Crippen LogP contribution in [0.15, 0.2) is 24.5 Å². The third-order valence-electron chi connectivity index (χ3n) is 5.70. The van der Waals surface area contributed by atoms with E-state index in [-0.39, 0.29) is 5.91 Å². The number of rotatable bonds is 4. The van der Waals surface area contributed by atoms with Crippen molar-refractivity contribution in [2.45, 2.75) is 13.0 Å². The van der Waals surface area contributed by atoms with E-state index in [0.717, 1.165) is 56.5 Å². The number of hydrogen-bond acceptors (Lipinski definition) is 7. The van der Waals surface area contributed by atoms with Gasteiger partial charge in [0.25, 0.3) is 5.91 Å². The van der Waals surface area contributed by atoms with Crippen LogP contribution >= 0.6 is 0 Å². The van der Waals surface area contributed by atoms with Crippen molar-refractivity contribution in [1.82, 2.24) is 19.8 Å². The highest BCUT2D eigenvalue weighted by molar-refractivity contribution is 5.93. The second kappa shape index (κ2) is 8.24. The summed E-state index contributed by atoms with van der Waals surface area (Å²) in [6.45, 7) is 4.76. The zero-order chi connectivity index (χ0) is 20.4. The van der Waals surface area contributed by atoms with Gasteiger partial charge in [-0.15, -0.1) is 0 Å². The summed E-state index contributed by atoms with van der Waals surface area (Å²) in [5.41, 5.74) is 2.89. The summed E-state index contributed by atoms with van der Waals surface area (Å²) in [6, 6.07) is 5.89. The van der Waals surface area contributed by atoms with Gasteiger partial charge in [-0.3, -0.25) is 4.79 Å². The molecule has 1 fully saturated rings. The van der Waals surface area contributed by atoms with Gasteiger partial charge < -0.3 is 24.2 Å². The van der Waals surface area contributed by atoms with Crippen LogP contribution in [0.25, 0.3) is 0 Å². The number of fused-ring (bicyclic) bond motifs is 1. The fraction of sp³-hybridized carbons (Fsp3) is 0.476. The van der Waals surface area contributed by atoms with E-state index in [4.69, 9.17) is 9.47 Å². The number of carbonyl (C=O) groups excluding carboxylic acids is 1. The monoisotopic (exact) mass is 397 g/mol. The van der Waals surface area contributed by atoms with Gasteiger partial charge in [-0.1, -0.05) is 0 Å². The molecule has 0 saturated carbocycles. The van der Waals surface area contributed by atoms with Crippen molar-refractivity contribution >= 4 is 11.7 Å². The van der Waals surface area contributed by atoms with Gasteiger partial charge in [-0.2, -0.15) is 0 Å². The first-order chi connectivity index (χ1) is 14.1. The molecular formula is C21H27N5O3. The Balaban J connectivity index is 1.53. The van der Waals surface area contributed by atoms with E-state index in [0.29, 0.717) is 12.2 Å². The molecule has 4 rings (SSSR count). The molecule has 1 amide bonds. The van der Waals surface area contributed by atoms with Crippen molar-refractivity contribution in [1.29, 1.82) is 0 Å². The number of ether oxygens (including phenoxy) is 2. The van der Waals surface area contributed by atoms with Gasteiger partial charge in [0.15, 0.2) is 11.5 Å². The highest BCUT2D eigenvalue weighted by Gasteiger charge is 2.24. The van der Waals surface area contributed by atoms with Crippen molar-refractivity contribution in [3.63, 3.8) is 0 Å². The number of aromatic nitrogens is 2. The van der Waals surface area contributed by atoms with Crippen molar-refractivity contribution in [2.24, 2.45) is 0 Å². The second-order valence-corrected chi connectivity index (χ2v) is 7.50. The minimum absolute atomic E-state index is 0.0226. The van der Waals surface area contributed by atoms with Crippen LogP contribution in [0.5, 0.6) is 11.5 Å². The average molecular weight is 397 g/mol. The maximum absolute atomic E-state index is 12.9. The number of anilines is 1. The van der Waals surface area contributed by atoms with Gasteiger partial charge in [0.2, 0.25) is 0 Å². The smallest absolute Gasteiger partial charge is 0.272 e. The second-order valence-electron chi connectivity index (χ2n) is 7.50. The first-order valence-corrected chi connectivity index (χ1v) is 9.87. The Morgan fingerprint density at radius 3 is 2.31 bits per heavy atom. The third-order valence-corrected chi connectivity index (χ3v) is 5.70. The Labute approximate surface area is 171 Å². The Bertz CT molecular complexity index is 896. The lowest BCUT2D eigenvalue weighted by atomic mass is 9.98. The molecule has 0 spiro atoms. The Kier molecular flexibility index (Phi) is 5.53. The normalized spacial score (nSPS) is 17.1. The van der Waals surface area contributed by atoms with Gasteiger partial charge in [-0.05, 0) is 36.7 Å². The lowest BCUT2D eigenvalue weighted by Gasteiger charge is -2.33. The van der Waals surface area contributed by atoms with Crippen molar-refractivity contribution in [3.8, 4) is 11.5 Å². The molecule has 0 aliphatic carbocycles. The lowest BCUT2D eigenvalue weighted by molar-refractivity contribution is 0.0658. The van der Waals surface area contributed by atoms with Crippen molar-refractivity contribution < 1.29 is 14.3 Å². The number of likely N-dealkylation sites (N-methyl/N-ethyl adjacent to an activating group) is 1. The molecule has 1 saturated heterocycles. The van der Waals surface area contributed by atoms with Gasteiger partial charge in [0, 0.05) is 45.3 Å². The maximum atomic E-state index is 12.9. The topological polar surface area (TPSA) is 71.0 Å². The molecule has 0 atom stereocenters. The zero-order valence-electron chi connectivity index (χ0n) is 17.2. The number of piperazine rings is 1. The van der Waals surface area contributed by atoms with Gasteiger partial charge >= 0.3 is 0 Å². The molecule has 2 aliphatic heterocycles. The van der Waals surface area contributed by atoms with Crippen LogP contribution in [0.3, 0.4) is 0 Å². The fourth-order valence-corrected chi connectivity index (χ4v) is 3.89. The van der Waals surface area contributed by atoms with Crippen LogP contribution in [-0.4, -0.2) is 79.7 Å². The van der Waals surface area contributed by atoms with E-state index < -0.39 is 0 Å². The largest absolute Gasteiger partial charge is 0.493 e. The fourth-order valence-electron chi connectivity index (χ4n) is 3.89. The summed E-state index contributed by atoms with van der Waals surface area (Å²) >= 11 is 0. The van der Waals surface area contributed by atoms with Crippen LogP contribution in [0.2, 0.25) is 0 Å². The number of carbonyl (C=O) groups is 1. The van der Waals surface area contributed by atoms with Gasteiger partial charge in [0.1, 0.15) is 17.8 Å². The number of hydrogen-bond donors (Lipinski definition) is 0. The summed E-state index contributed by atoms with van der Waals surface area (Å²) < 4.78 is 10.9. The summed E-state index contributed by atoms with van der Waals surface area (Å²) in [7, 11) is 5.37. The molecule has 0 N–H and O–H groups in total. The summed E-state index contributed by atoms with van der Waals surface area (Å²) in [5, 5.41) is 0. The molecule has 8 nitrogen and oxygen atoms in total. The highest BCUT2D eigenvalue weighted by Crippen LogP contribution is 2.34. The molecule has 1 aromatic heterocycles. The predicted octanol–water partition coefficient (Wildman–Crippen LogP) is 1.44. The van der Waals surface area contributed by atoms with Crippen LogP contribution < -0.4 is 14.4 Å². The van der Waals surface area contributed by atoms with E-state index in [1.165, 1.54) is 17.5 Å². The molecular weight excluding hydrogens is 370 g/mol. The first kappa shape index (κ1) is 19.4. The van der Waals surface area contributed by atoms with Crippen molar-refractivity contribution in [2.75, 3.05) is 58.9 Å². The molecule has 8 heteroatoms. The van der Waals surface area contributed by atoms with Crippen molar-refractivity contribution in [3.05, 3.63) is 41.3 Å². The molecule has 29 heavy (non-hydrogen) atoms. The third kappa shape index (κ3) is 3.98.